The van der Waals surface area contributed by atoms with Crippen LogP contribution in [0.5, 0.6) is 0 Å². The van der Waals surface area contributed by atoms with E-state index in [1.54, 1.807) is 34.4 Å². The molecule has 0 unspecified atom stereocenters. The second kappa shape index (κ2) is 12.3. The zero-order valence-electron chi connectivity index (χ0n) is 20.4. The van der Waals surface area contributed by atoms with E-state index in [9.17, 15) is 19.7 Å². The number of piperazine rings is 1. The van der Waals surface area contributed by atoms with Gasteiger partial charge in [0.2, 0.25) is 0 Å². The van der Waals surface area contributed by atoms with Crippen molar-refractivity contribution in [3.05, 3.63) is 80.8 Å². The summed E-state index contributed by atoms with van der Waals surface area (Å²) in [5, 5.41) is 16.1. The van der Waals surface area contributed by atoms with Crippen LogP contribution in [-0.2, 0) is 11.3 Å². The minimum atomic E-state index is -0.422. The molecule has 1 saturated heterocycles. The van der Waals surface area contributed by atoms with Crippen LogP contribution < -0.4 is 10.2 Å². The first kappa shape index (κ1) is 26.0. The van der Waals surface area contributed by atoms with Crippen molar-refractivity contribution in [1.82, 2.24) is 14.8 Å². The number of methoxy groups -OCH3 is 1. The zero-order valence-corrected chi connectivity index (χ0v) is 21.2. The molecule has 2 aromatic carbocycles. The summed E-state index contributed by atoms with van der Waals surface area (Å²) in [6.07, 6.45) is 0. The number of nitrogens with one attached hydrogen (secondary N) is 1. The Morgan fingerprint density at radius 2 is 1.81 bits per heavy atom. The Hall–Kier alpha value is -4.03. The predicted molar refractivity (Wildman–Crippen MR) is 141 cm³/mol. The van der Waals surface area contributed by atoms with Crippen LogP contribution in [0.1, 0.15) is 15.5 Å². The molecule has 1 aliphatic heterocycles. The van der Waals surface area contributed by atoms with E-state index in [-0.39, 0.29) is 24.2 Å². The molecule has 12 heteroatoms. The highest BCUT2D eigenvalue weighted by Crippen LogP contribution is 2.22. The van der Waals surface area contributed by atoms with Crippen LogP contribution in [0.25, 0.3) is 0 Å². The van der Waals surface area contributed by atoms with Crippen LogP contribution in [-0.4, -0.2) is 78.1 Å². The normalized spacial score (nSPS) is 13.3. The number of anilines is 2. The van der Waals surface area contributed by atoms with Crippen molar-refractivity contribution in [2.75, 3.05) is 56.7 Å². The first-order valence-corrected chi connectivity index (χ1v) is 12.7. The predicted octanol–water partition coefficient (Wildman–Crippen LogP) is 3.69. The lowest BCUT2D eigenvalue weighted by atomic mass is 10.2. The summed E-state index contributed by atoms with van der Waals surface area (Å²) in [4.78, 5) is 46.3. The second-order valence-electron chi connectivity index (χ2n) is 8.39. The number of non-ortho nitro benzene ring substituents is 1. The summed E-state index contributed by atoms with van der Waals surface area (Å²) in [6.45, 7) is 3.27. The maximum Gasteiger partial charge on any atom is 0.322 e. The molecule has 11 nitrogen and oxygen atoms in total. The Bertz CT molecular complexity index is 1210. The van der Waals surface area contributed by atoms with E-state index in [2.05, 4.69) is 15.2 Å². The maximum atomic E-state index is 13.1. The monoisotopic (exact) mass is 524 g/mol. The van der Waals surface area contributed by atoms with E-state index >= 15 is 0 Å². The van der Waals surface area contributed by atoms with Crippen LogP contribution in [0.4, 0.5) is 21.9 Å². The van der Waals surface area contributed by atoms with E-state index in [0.717, 1.165) is 5.69 Å². The van der Waals surface area contributed by atoms with Crippen molar-refractivity contribution in [1.29, 1.82) is 0 Å². The number of hydrogen-bond acceptors (Lipinski definition) is 8. The molecule has 1 fully saturated rings. The molecule has 0 aliphatic carbocycles. The average Bonchev–Trinajstić information content (AvgIpc) is 3.40. The number of rotatable bonds is 9. The number of carbonyl (C=O) groups excluding carboxylic acids is 2. The standard InChI is InChI=1S/C25H28N6O5S/c1-36-16-15-30(25(33)26-19-5-3-2-4-6-19)17-23-27-22(18-37-23)24(32)29-13-11-28(12-14-29)20-7-9-21(10-8-20)31(34)35/h2-10,18H,11-17H2,1H3,(H,26,33). The van der Waals surface area contributed by atoms with Crippen molar-refractivity contribution in [2.45, 2.75) is 6.54 Å². The van der Waals surface area contributed by atoms with Crippen LogP contribution in [0.15, 0.2) is 60.0 Å². The highest BCUT2D eigenvalue weighted by molar-refractivity contribution is 7.09. The number of hydrogen-bond donors (Lipinski definition) is 1. The number of nitro benzene ring substituents is 1. The van der Waals surface area contributed by atoms with Gasteiger partial charge in [-0.2, -0.15) is 0 Å². The number of benzene rings is 2. The Morgan fingerprint density at radius 3 is 2.46 bits per heavy atom. The summed E-state index contributed by atoms with van der Waals surface area (Å²) >= 11 is 1.34. The lowest BCUT2D eigenvalue weighted by Crippen LogP contribution is -2.48. The second-order valence-corrected chi connectivity index (χ2v) is 9.33. The van der Waals surface area contributed by atoms with Gasteiger partial charge in [0.1, 0.15) is 10.7 Å². The summed E-state index contributed by atoms with van der Waals surface area (Å²) in [5.41, 5.74) is 1.99. The third kappa shape index (κ3) is 6.80. The molecular weight excluding hydrogens is 496 g/mol. The number of aromatic nitrogens is 1. The Labute approximate surface area is 218 Å². The molecule has 1 aromatic heterocycles. The zero-order chi connectivity index (χ0) is 26.2. The molecular formula is C25H28N6O5S. The molecule has 194 valence electrons. The van der Waals surface area contributed by atoms with Gasteiger partial charge in [0.25, 0.3) is 11.6 Å². The SMILES string of the molecule is COCCN(Cc1nc(C(=O)N2CCN(c3ccc([N+](=O)[O-])cc3)CC2)cs1)C(=O)Nc1ccccc1. The van der Waals surface area contributed by atoms with E-state index in [4.69, 9.17) is 4.74 Å². The minimum Gasteiger partial charge on any atom is -0.383 e. The molecule has 0 spiro atoms. The number of nitro groups is 1. The summed E-state index contributed by atoms with van der Waals surface area (Å²) in [5.74, 6) is -0.150. The van der Waals surface area contributed by atoms with Gasteiger partial charge in [0.05, 0.1) is 18.1 Å². The minimum absolute atomic E-state index is 0.0511. The van der Waals surface area contributed by atoms with Gasteiger partial charge in [-0.1, -0.05) is 18.2 Å². The molecule has 3 amide bonds. The van der Waals surface area contributed by atoms with Gasteiger partial charge >= 0.3 is 6.03 Å². The average molecular weight is 525 g/mol. The van der Waals surface area contributed by atoms with E-state index in [0.29, 0.717) is 55.7 Å². The highest BCUT2D eigenvalue weighted by Gasteiger charge is 2.25. The smallest absolute Gasteiger partial charge is 0.322 e. The fourth-order valence-corrected chi connectivity index (χ4v) is 4.72. The molecule has 0 radical (unpaired) electrons. The van der Waals surface area contributed by atoms with Gasteiger partial charge in [-0.05, 0) is 24.3 Å². The highest BCUT2D eigenvalue weighted by atomic mass is 32.1. The van der Waals surface area contributed by atoms with Crippen LogP contribution in [0, 0.1) is 10.1 Å². The molecule has 3 aromatic rings. The van der Waals surface area contributed by atoms with Crippen LogP contribution in [0.3, 0.4) is 0 Å². The van der Waals surface area contributed by atoms with Crippen LogP contribution >= 0.6 is 11.3 Å². The maximum absolute atomic E-state index is 13.1. The molecule has 1 N–H and O–H groups in total. The van der Waals surface area contributed by atoms with E-state index < -0.39 is 4.92 Å². The van der Waals surface area contributed by atoms with Gasteiger partial charge in [-0.15, -0.1) is 11.3 Å². The number of nitrogens with zero attached hydrogens (tertiary/aromatic N) is 5. The van der Waals surface area contributed by atoms with E-state index in [1.807, 2.05) is 30.3 Å². The molecule has 1 aliphatic rings. The third-order valence-electron chi connectivity index (χ3n) is 5.97. The number of thiazole rings is 1. The number of urea groups is 1. The topological polar surface area (TPSA) is 121 Å². The van der Waals surface area contributed by atoms with E-state index in [1.165, 1.54) is 23.5 Å². The Balaban J connectivity index is 1.34. The fraction of sp³-hybridized carbons (Fsp3) is 0.320. The molecule has 2 heterocycles. The molecule has 0 atom stereocenters. The van der Waals surface area contributed by atoms with Crippen molar-refractivity contribution < 1.29 is 19.2 Å². The summed E-state index contributed by atoms with van der Waals surface area (Å²) in [6, 6.07) is 15.4. The van der Waals surface area contributed by atoms with Crippen LogP contribution in [0.2, 0.25) is 0 Å². The quantitative estimate of drug-likeness (QED) is 0.335. The molecule has 0 saturated carbocycles. The Kier molecular flexibility index (Phi) is 8.64. The van der Waals surface area contributed by atoms with Gasteiger partial charge in [-0.3, -0.25) is 14.9 Å². The molecule has 0 bridgehead atoms. The number of carbonyl (C=O) groups is 2. The van der Waals surface area contributed by atoms with Crippen molar-refractivity contribution in [3.8, 4) is 0 Å². The number of para-hydroxylation sites is 1. The van der Waals surface area contributed by atoms with Gasteiger partial charge < -0.3 is 24.8 Å². The van der Waals surface area contributed by atoms with Crippen molar-refractivity contribution in [3.63, 3.8) is 0 Å². The third-order valence-corrected chi connectivity index (χ3v) is 6.80. The Morgan fingerprint density at radius 1 is 1.11 bits per heavy atom. The fourth-order valence-electron chi connectivity index (χ4n) is 3.94. The number of amides is 3. The molecule has 4 rings (SSSR count). The first-order chi connectivity index (χ1) is 17.9. The van der Waals surface area contributed by atoms with Crippen molar-refractivity contribution in [2.24, 2.45) is 0 Å². The lowest BCUT2D eigenvalue weighted by Gasteiger charge is -2.35. The summed E-state index contributed by atoms with van der Waals surface area (Å²) in [7, 11) is 1.58. The van der Waals surface area contributed by atoms with Gasteiger partial charge in [-0.25, -0.2) is 9.78 Å². The lowest BCUT2D eigenvalue weighted by molar-refractivity contribution is -0.384. The summed E-state index contributed by atoms with van der Waals surface area (Å²) < 4.78 is 5.16. The van der Waals surface area contributed by atoms with Crippen molar-refractivity contribution >= 4 is 40.3 Å². The van der Waals surface area contributed by atoms with Gasteiger partial charge in [0, 0.05) is 68.7 Å². The number of ether oxygens (including phenoxy) is 1. The largest absolute Gasteiger partial charge is 0.383 e. The molecule has 37 heavy (non-hydrogen) atoms. The van der Waals surface area contributed by atoms with Gasteiger partial charge in [0.15, 0.2) is 0 Å². The first-order valence-electron chi connectivity index (χ1n) is 11.8.